The van der Waals surface area contributed by atoms with Crippen LogP contribution in [0, 0.1) is 80.1 Å². The van der Waals surface area contributed by atoms with E-state index in [2.05, 4.69) is 140 Å². The number of rotatable bonds is 14. The van der Waals surface area contributed by atoms with Crippen molar-refractivity contribution in [3.8, 4) is 0 Å². The van der Waals surface area contributed by atoms with Gasteiger partial charge in [-0.2, -0.15) is 56.3 Å². The van der Waals surface area contributed by atoms with Crippen molar-refractivity contribution in [1.29, 1.82) is 0 Å². The summed E-state index contributed by atoms with van der Waals surface area (Å²) >= 11 is 0. The van der Waals surface area contributed by atoms with Crippen LogP contribution in [-0.4, -0.2) is 38.3 Å². The van der Waals surface area contributed by atoms with Crippen molar-refractivity contribution in [2.45, 2.75) is 134 Å². The second-order valence-corrected chi connectivity index (χ2v) is 17.5. The van der Waals surface area contributed by atoms with Gasteiger partial charge in [0.1, 0.15) is 0 Å². The zero-order valence-corrected chi connectivity index (χ0v) is 39.1. The third kappa shape index (κ3) is 16.1. The summed E-state index contributed by atoms with van der Waals surface area (Å²) in [5.41, 5.74) is 5.08. The van der Waals surface area contributed by atoms with E-state index in [1.54, 1.807) is 0 Å². The second kappa shape index (κ2) is 26.0. The van der Waals surface area contributed by atoms with E-state index in [-0.39, 0.29) is 26.2 Å². The maximum Gasteiger partial charge on any atom is 4.00 e. The minimum absolute atomic E-state index is 0. The van der Waals surface area contributed by atoms with Gasteiger partial charge >= 0.3 is 26.2 Å². The maximum absolute atomic E-state index is 5.18. The Labute approximate surface area is 350 Å². The van der Waals surface area contributed by atoms with Crippen molar-refractivity contribution in [2.75, 3.05) is 26.2 Å². The fourth-order valence-corrected chi connectivity index (χ4v) is 8.94. The second-order valence-electron chi connectivity index (χ2n) is 17.5. The molecule has 2 fully saturated rings. The number of benzene rings is 2. The minimum atomic E-state index is 0. The number of nitrogens with one attached hydrogen (secondary N) is 1. The molecule has 2 aromatic rings. The van der Waals surface area contributed by atoms with Gasteiger partial charge in [-0.15, -0.1) is 35.3 Å². The molecule has 2 aromatic carbocycles. The van der Waals surface area contributed by atoms with Crippen LogP contribution in [0.2, 0.25) is 0 Å². The summed E-state index contributed by atoms with van der Waals surface area (Å²) in [7, 11) is 4.36. The third-order valence-electron chi connectivity index (χ3n) is 14.0. The molecule has 298 valence electrons. The average molecular weight is 805 g/mol. The summed E-state index contributed by atoms with van der Waals surface area (Å²) in [6.45, 7) is 40.4. The van der Waals surface area contributed by atoms with E-state index >= 15 is 0 Å². The maximum atomic E-state index is 5.18. The van der Waals surface area contributed by atoms with Gasteiger partial charge in [0.15, 0.2) is 0 Å². The van der Waals surface area contributed by atoms with Crippen LogP contribution in [0.5, 0.6) is 0 Å². The van der Waals surface area contributed by atoms with Gasteiger partial charge in [0.05, 0.1) is 0 Å². The first-order valence-corrected chi connectivity index (χ1v) is 21.5. The van der Waals surface area contributed by atoms with Crippen LogP contribution in [0.1, 0.15) is 131 Å². The molecule has 2 saturated carbocycles. The molecule has 0 aromatic heterocycles. The monoisotopic (exact) mass is 804 g/mol. The van der Waals surface area contributed by atoms with Crippen molar-refractivity contribution in [3.05, 3.63) is 102 Å². The molecule has 1 N–H and O–H groups in total. The van der Waals surface area contributed by atoms with Crippen molar-refractivity contribution in [2.24, 2.45) is 59.2 Å². The van der Waals surface area contributed by atoms with Crippen LogP contribution in [0.4, 0.5) is 0 Å². The van der Waals surface area contributed by atoms with E-state index in [1.807, 2.05) is 12.1 Å². The Morgan fingerprint density at radius 1 is 0.509 bits per heavy atom. The molecule has 0 bridgehead atoms. The Hall–Kier alpha value is -1.06. The Bertz CT molecular complexity index is 1110. The van der Waals surface area contributed by atoms with Gasteiger partial charge in [0.25, 0.3) is 0 Å². The molecule has 0 heterocycles. The molecule has 0 spiro atoms. The van der Waals surface area contributed by atoms with Crippen molar-refractivity contribution < 1.29 is 31.1 Å². The molecule has 0 aliphatic heterocycles. The van der Waals surface area contributed by atoms with Gasteiger partial charge in [-0.25, -0.2) is 0 Å². The Morgan fingerprint density at radius 3 is 1.09 bits per heavy atom. The Kier molecular flexibility index (Phi) is 24.5. The first kappa shape index (κ1) is 50.0. The van der Waals surface area contributed by atoms with Gasteiger partial charge in [-0.1, -0.05) is 158 Å². The zero-order chi connectivity index (χ0) is 39.0. The van der Waals surface area contributed by atoms with Crippen LogP contribution in [0.25, 0.3) is 10.6 Å². The Morgan fingerprint density at radius 2 is 0.811 bits per heavy atom. The van der Waals surface area contributed by atoms with Crippen molar-refractivity contribution in [3.63, 3.8) is 0 Å². The van der Waals surface area contributed by atoms with Gasteiger partial charge in [-0.3, -0.25) is 0 Å². The summed E-state index contributed by atoms with van der Waals surface area (Å²) in [4.78, 5) is 1.33. The Balaban J connectivity index is 0.000000496. The average Bonchev–Trinajstić information content (AvgIpc) is 3.13. The summed E-state index contributed by atoms with van der Waals surface area (Å²) < 4.78 is 0. The normalized spacial score (nSPS) is 31.6. The fourth-order valence-electron chi connectivity index (χ4n) is 8.94. The van der Waals surface area contributed by atoms with E-state index in [0.29, 0.717) is 35.8 Å². The quantitative estimate of drug-likeness (QED) is 0.185. The number of aryl methyl sites for hydroxylation is 2. The van der Waals surface area contributed by atoms with Gasteiger partial charge < -0.3 is 15.5 Å². The van der Waals surface area contributed by atoms with Gasteiger partial charge in [0.2, 0.25) is 0 Å². The summed E-state index contributed by atoms with van der Waals surface area (Å²) in [5.74, 6) is 7.41. The fraction of sp³-hybridized carbons (Fsp3) is 0.694. The van der Waals surface area contributed by atoms with Crippen molar-refractivity contribution in [1.82, 2.24) is 0 Å². The predicted octanol–water partition coefficient (Wildman–Crippen LogP) is 12.0. The van der Waals surface area contributed by atoms with E-state index in [9.17, 15) is 0 Å². The molecule has 0 amide bonds. The molecule has 2 aliphatic carbocycles. The molecule has 0 saturated heterocycles. The van der Waals surface area contributed by atoms with Gasteiger partial charge in [-0.05, 0) is 48.3 Å². The molecule has 3 nitrogen and oxygen atoms in total. The molecule has 53 heavy (non-hydrogen) atoms. The van der Waals surface area contributed by atoms with Gasteiger partial charge in [0, 0.05) is 13.1 Å². The number of hydrogen-bond donors (Lipinski definition) is 1. The van der Waals surface area contributed by atoms with Crippen LogP contribution >= 0.6 is 0 Å². The SMILES string of the molecule is [CH2-][NH+](CC[N-]C1[C@@H](C)[C@@H](C)C(C)[C@H](C)[C@@H]1C)CC[N-]C1[C@H](C)[C@H](C)C(C)[C@@H](C)[C@H]1C.[CH2-]c1cccc(CCCC)c1.[CH2-]c1cccc(CCCC)c1.[Zr+4]. The zero-order valence-electron chi connectivity index (χ0n) is 36.6. The summed E-state index contributed by atoms with van der Waals surface area (Å²) in [6.07, 6.45) is 7.48. The van der Waals surface area contributed by atoms with E-state index in [0.717, 1.165) is 72.8 Å². The molecule has 9 atom stereocenters. The van der Waals surface area contributed by atoms with E-state index in [1.165, 1.54) is 54.6 Å². The van der Waals surface area contributed by atoms with E-state index in [4.69, 9.17) is 10.6 Å². The van der Waals surface area contributed by atoms with Crippen molar-refractivity contribution >= 4 is 0 Å². The molecule has 4 rings (SSSR count). The molecule has 4 heteroatoms. The van der Waals surface area contributed by atoms with Crippen LogP contribution in [0.15, 0.2) is 48.5 Å². The smallest absolute Gasteiger partial charge is 0.655 e. The molecular formula is C49H83N3Zr. The third-order valence-corrected chi connectivity index (χ3v) is 14.0. The molecule has 1 unspecified atom stereocenters. The number of unbranched alkanes of at least 4 members (excludes halogenated alkanes) is 2. The first-order chi connectivity index (χ1) is 24.6. The standard InChI is InChI=1S/C27H53N3.2C11H15.Zr/c1-16-18(3)22(7)26(23(8)19(16)4)28-12-14-30(11)15-13-29-27-24(9)20(5)17(2)21(6)25(27)10;2*1-3-4-7-11-8-5-6-10(2)9-11;/h16-27,30H,11-15H2,1-10H3;2*5-6,8-9H,2-4,7H2,1H3;/q-2;2*-1;+4/t16?,17?,18-,19-,20+,21+,22-,23-,24+,25+,26?,27?;;;. The van der Waals surface area contributed by atoms with Crippen LogP contribution in [-0.2, 0) is 39.0 Å². The molecule has 0 radical (unpaired) electrons. The van der Waals surface area contributed by atoms with E-state index < -0.39 is 0 Å². The number of hydrogen-bond acceptors (Lipinski definition) is 0. The summed E-state index contributed by atoms with van der Waals surface area (Å²) in [5, 5.41) is 10.4. The van der Waals surface area contributed by atoms with Crippen LogP contribution < -0.4 is 4.90 Å². The first-order valence-electron chi connectivity index (χ1n) is 21.5. The number of nitrogens with zero attached hydrogens (tertiary/aromatic N) is 2. The topological polar surface area (TPSA) is 32.6 Å². The largest absolute Gasteiger partial charge is 4.00 e. The number of quaternary nitrogens is 1. The molecular weight excluding hydrogens is 722 g/mol. The van der Waals surface area contributed by atoms with Crippen LogP contribution in [0.3, 0.4) is 0 Å². The minimum Gasteiger partial charge on any atom is -0.655 e. The predicted molar refractivity (Wildman–Crippen MR) is 231 cm³/mol. The summed E-state index contributed by atoms with van der Waals surface area (Å²) in [6, 6.07) is 17.9. The molecule has 2 aliphatic rings.